The normalized spacial score (nSPS) is 12.1. The zero-order valence-corrected chi connectivity index (χ0v) is 31.6. The first-order valence-corrected chi connectivity index (χ1v) is 19.9. The van der Waals surface area contributed by atoms with Crippen LogP contribution < -0.4 is 4.90 Å². The van der Waals surface area contributed by atoms with Crippen molar-refractivity contribution in [2.24, 2.45) is 0 Å². The van der Waals surface area contributed by atoms with Crippen molar-refractivity contribution < 1.29 is 13.3 Å². The fourth-order valence-corrected chi connectivity index (χ4v) is 9.38. The van der Waals surface area contributed by atoms with Crippen LogP contribution in [0.3, 0.4) is 0 Å². The van der Waals surface area contributed by atoms with Crippen LogP contribution >= 0.6 is 0 Å². The highest BCUT2D eigenvalue weighted by Crippen LogP contribution is 2.46. The van der Waals surface area contributed by atoms with Gasteiger partial charge in [-0.3, -0.25) is 0 Å². The molecule has 276 valence electrons. The van der Waals surface area contributed by atoms with Gasteiger partial charge in [0.2, 0.25) is 0 Å². The monoisotopic (exact) mass is 756 g/mol. The molecule has 0 radical (unpaired) electrons. The molecule has 59 heavy (non-hydrogen) atoms. The molecule has 13 rings (SSSR count). The van der Waals surface area contributed by atoms with Crippen molar-refractivity contribution in [2.45, 2.75) is 0 Å². The van der Waals surface area contributed by atoms with Crippen LogP contribution in [0.2, 0.25) is 0 Å². The summed E-state index contributed by atoms with van der Waals surface area (Å²) in [7, 11) is 0. The van der Waals surface area contributed by atoms with E-state index in [0.29, 0.717) is 0 Å². The fourth-order valence-electron chi connectivity index (χ4n) is 9.38. The first kappa shape index (κ1) is 32.1. The number of benzene rings is 9. The lowest BCUT2D eigenvalue weighted by Crippen LogP contribution is -2.10. The number of nitrogens with zero attached hydrogens (tertiary/aromatic N) is 2. The van der Waals surface area contributed by atoms with Crippen molar-refractivity contribution in [1.29, 1.82) is 0 Å². The number of furan rings is 3. The van der Waals surface area contributed by atoms with Crippen molar-refractivity contribution in [1.82, 2.24) is 4.57 Å². The number of hydrogen-bond acceptors (Lipinski definition) is 4. The van der Waals surface area contributed by atoms with E-state index in [4.69, 9.17) is 13.3 Å². The zero-order valence-electron chi connectivity index (χ0n) is 31.6. The van der Waals surface area contributed by atoms with Crippen LogP contribution in [0, 0.1) is 0 Å². The molecule has 4 aromatic heterocycles. The number of fused-ring (bicyclic) bond motifs is 12. The maximum Gasteiger partial charge on any atom is 0.137 e. The quantitative estimate of drug-likeness (QED) is 0.175. The first-order chi connectivity index (χ1) is 29.2. The summed E-state index contributed by atoms with van der Waals surface area (Å²) >= 11 is 0. The van der Waals surface area contributed by atoms with Gasteiger partial charge in [0, 0.05) is 49.8 Å². The van der Waals surface area contributed by atoms with E-state index in [1.54, 1.807) is 0 Å². The molecule has 0 aliphatic heterocycles. The Labute approximate surface area is 337 Å². The van der Waals surface area contributed by atoms with Crippen LogP contribution in [0.4, 0.5) is 17.1 Å². The molecule has 0 N–H and O–H groups in total. The van der Waals surface area contributed by atoms with Crippen molar-refractivity contribution in [2.75, 3.05) is 4.90 Å². The molecular weight excluding hydrogens is 725 g/mol. The van der Waals surface area contributed by atoms with E-state index in [0.717, 1.165) is 99.7 Å². The molecule has 9 aromatic carbocycles. The number of rotatable bonds is 5. The average molecular weight is 757 g/mol. The second kappa shape index (κ2) is 12.2. The Morgan fingerprint density at radius 3 is 1.64 bits per heavy atom. The third kappa shape index (κ3) is 4.73. The summed E-state index contributed by atoms with van der Waals surface area (Å²) < 4.78 is 21.7. The van der Waals surface area contributed by atoms with Gasteiger partial charge in [0.25, 0.3) is 0 Å². The summed E-state index contributed by atoms with van der Waals surface area (Å²) in [5, 5.41) is 8.97. The molecule has 5 heteroatoms. The molecule has 0 aliphatic rings. The Hall–Kier alpha value is -8.02. The lowest BCUT2D eigenvalue weighted by molar-refractivity contribution is 0.668. The number of hydrogen-bond donors (Lipinski definition) is 0. The third-order valence-corrected chi connectivity index (χ3v) is 12.0. The topological polar surface area (TPSA) is 47.6 Å². The van der Waals surface area contributed by atoms with Gasteiger partial charge in [-0.25, -0.2) is 0 Å². The minimum atomic E-state index is 0.817. The number of anilines is 3. The Bertz CT molecular complexity index is 3750. The van der Waals surface area contributed by atoms with Crippen molar-refractivity contribution in [3.8, 4) is 16.8 Å². The molecule has 0 atom stereocenters. The van der Waals surface area contributed by atoms with Gasteiger partial charge in [-0.1, -0.05) is 103 Å². The van der Waals surface area contributed by atoms with E-state index >= 15 is 0 Å². The largest absolute Gasteiger partial charge is 0.456 e. The average Bonchev–Trinajstić information content (AvgIpc) is 4.05. The van der Waals surface area contributed by atoms with E-state index in [1.807, 2.05) is 24.3 Å². The second-order valence-corrected chi connectivity index (χ2v) is 15.2. The summed E-state index contributed by atoms with van der Waals surface area (Å²) in [6, 6.07) is 68.3. The highest BCUT2D eigenvalue weighted by Gasteiger charge is 2.22. The predicted octanol–water partition coefficient (Wildman–Crippen LogP) is 15.6. The summed E-state index contributed by atoms with van der Waals surface area (Å²) in [5.41, 5.74) is 13.8. The van der Waals surface area contributed by atoms with Crippen LogP contribution in [0.25, 0.3) is 104 Å². The van der Waals surface area contributed by atoms with Crippen LogP contribution in [-0.4, -0.2) is 4.57 Å². The van der Waals surface area contributed by atoms with E-state index in [2.05, 4.69) is 179 Å². The second-order valence-electron chi connectivity index (χ2n) is 15.2. The Morgan fingerprint density at radius 1 is 0.322 bits per heavy atom. The molecule has 0 saturated carbocycles. The van der Waals surface area contributed by atoms with Gasteiger partial charge in [0.15, 0.2) is 0 Å². The van der Waals surface area contributed by atoms with Gasteiger partial charge in [-0.2, -0.15) is 0 Å². The maximum absolute atomic E-state index is 6.79. The molecule has 0 aliphatic carbocycles. The Balaban J connectivity index is 0.999. The summed E-state index contributed by atoms with van der Waals surface area (Å²) in [5.74, 6) is 0. The third-order valence-electron chi connectivity index (χ3n) is 12.0. The molecule has 5 nitrogen and oxygen atoms in total. The minimum Gasteiger partial charge on any atom is -0.456 e. The Kier molecular flexibility index (Phi) is 6.66. The lowest BCUT2D eigenvalue weighted by atomic mass is 10.0. The summed E-state index contributed by atoms with van der Waals surface area (Å²) in [6.07, 6.45) is 0. The summed E-state index contributed by atoms with van der Waals surface area (Å²) in [6.45, 7) is 0. The van der Waals surface area contributed by atoms with E-state index < -0.39 is 0 Å². The van der Waals surface area contributed by atoms with E-state index in [-0.39, 0.29) is 0 Å². The number of para-hydroxylation sites is 4. The Morgan fingerprint density at radius 2 is 0.864 bits per heavy atom. The van der Waals surface area contributed by atoms with E-state index in [1.165, 1.54) is 21.8 Å². The van der Waals surface area contributed by atoms with Crippen LogP contribution in [0.5, 0.6) is 0 Å². The SMILES string of the molecule is c1ccc2c(c1)oc1ccc(-c3ccc(N(c4ccc5c(c4)oc4cccc(-n6c7ccccc7c7ccccc76)c45)c4cccc5oc6ccccc6c45)cc3)cc12. The molecule has 0 unspecified atom stereocenters. The molecule has 0 fully saturated rings. The smallest absolute Gasteiger partial charge is 0.137 e. The van der Waals surface area contributed by atoms with Crippen LogP contribution in [0.15, 0.2) is 207 Å². The number of aromatic nitrogens is 1. The van der Waals surface area contributed by atoms with Crippen molar-refractivity contribution >= 4 is 105 Å². The van der Waals surface area contributed by atoms with Gasteiger partial charge in [0.05, 0.1) is 33.2 Å². The molecule has 0 bridgehead atoms. The highest BCUT2D eigenvalue weighted by molar-refractivity contribution is 6.16. The zero-order chi connectivity index (χ0) is 38.6. The standard InChI is InChI=1S/C54H32N2O3/c1-5-15-43-37(11-1)38-12-2-6-16-44(38)56(43)46-18-10-22-51-54(46)41-29-28-36(32-52(41)59-51)55(45-17-9-21-50-53(45)40-14-4-8-20-48(40)58-50)35-26-23-33(24-27-35)34-25-30-49-42(31-34)39-13-3-7-19-47(39)57-49/h1-32H. The van der Waals surface area contributed by atoms with Gasteiger partial charge in [0.1, 0.15) is 33.5 Å². The minimum absolute atomic E-state index is 0.817. The molecule has 0 saturated heterocycles. The molecule has 0 spiro atoms. The van der Waals surface area contributed by atoms with Gasteiger partial charge < -0.3 is 22.7 Å². The lowest BCUT2D eigenvalue weighted by Gasteiger charge is -2.26. The predicted molar refractivity (Wildman–Crippen MR) is 243 cm³/mol. The molecular formula is C54H32N2O3. The van der Waals surface area contributed by atoms with Crippen LogP contribution in [0.1, 0.15) is 0 Å². The molecule has 0 amide bonds. The summed E-state index contributed by atoms with van der Waals surface area (Å²) in [4.78, 5) is 2.32. The van der Waals surface area contributed by atoms with Crippen molar-refractivity contribution in [3.63, 3.8) is 0 Å². The molecule has 4 heterocycles. The van der Waals surface area contributed by atoms with Gasteiger partial charge in [-0.05, 0) is 96.1 Å². The highest BCUT2D eigenvalue weighted by atomic mass is 16.3. The first-order valence-electron chi connectivity index (χ1n) is 19.9. The fraction of sp³-hybridized carbons (Fsp3) is 0. The molecule has 13 aromatic rings. The van der Waals surface area contributed by atoms with E-state index in [9.17, 15) is 0 Å². The van der Waals surface area contributed by atoms with Gasteiger partial charge >= 0.3 is 0 Å². The van der Waals surface area contributed by atoms with Crippen molar-refractivity contribution in [3.05, 3.63) is 194 Å². The van der Waals surface area contributed by atoms with Crippen LogP contribution in [-0.2, 0) is 0 Å². The maximum atomic E-state index is 6.79. The van der Waals surface area contributed by atoms with Gasteiger partial charge in [-0.15, -0.1) is 0 Å².